The van der Waals surface area contributed by atoms with Crippen LogP contribution in [-0.4, -0.2) is 32.0 Å². The van der Waals surface area contributed by atoms with Gasteiger partial charge in [-0.15, -0.1) is 0 Å². The SMILES string of the molecule is COc1ccc2nc(-c3cccnc3)nc(Nc3ncc4c(n3)CCCC4)c2c1. The van der Waals surface area contributed by atoms with Crippen LogP contribution < -0.4 is 10.1 Å². The van der Waals surface area contributed by atoms with Crippen molar-refractivity contribution < 1.29 is 4.74 Å². The Labute approximate surface area is 168 Å². The summed E-state index contributed by atoms with van der Waals surface area (Å²) >= 11 is 0. The van der Waals surface area contributed by atoms with Crippen LogP contribution in [0.5, 0.6) is 5.75 Å². The summed E-state index contributed by atoms with van der Waals surface area (Å²) in [5.41, 5.74) is 4.02. The van der Waals surface area contributed by atoms with E-state index in [0.29, 0.717) is 17.6 Å². The van der Waals surface area contributed by atoms with Crippen LogP contribution in [0.2, 0.25) is 0 Å². The van der Waals surface area contributed by atoms with Crippen molar-refractivity contribution in [3.63, 3.8) is 0 Å². The Balaban J connectivity index is 1.62. The number of nitrogens with zero attached hydrogens (tertiary/aromatic N) is 5. The van der Waals surface area contributed by atoms with E-state index in [0.717, 1.165) is 40.8 Å². The van der Waals surface area contributed by atoms with Crippen molar-refractivity contribution >= 4 is 22.7 Å². The lowest BCUT2D eigenvalue weighted by atomic mass is 9.98. The molecule has 0 saturated heterocycles. The van der Waals surface area contributed by atoms with Gasteiger partial charge in [-0.1, -0.05) is 0 Å². The van der Waals surface area contributed by atoms with Gasteiger partial charge in [0.05, 0.1) is 12.6 Å². The van der Waals surface area contributed by atoms with E-state index >= 15 is 0 Å². The Morgan fingerprint density at radius 3 is 2.79 bits per heavy atom. The van der Waals surface area contributed by atoms with Crippen molar-refractivity contribution in [3.8, 4) is 17.1 Å². The molecule has 3 heterocycles. The average Bonchev–Trinajstić information content (AvgIpc) is 2.79. The topological polar surface area (TPSA) is 85.7 Å². The largest absolute Gasteiger partial charge is 0.497 e. The number of fused-ring (bicyclic) bond motifs is 2. The maximum atomic E-state index is 5.39. The van der Waals surface area contributed by atoms with Crippen molar-refractivity contribution in [2.24, 2.45) is 0 Å². The molecule has 4 aromatic rings. The number of methoxy groups -OCH3 is 1. The molecule has 0 aliphatic heterocycles. The van der Waals surface area contributed by atoms with Gasteiger partial charge < -0.3 is 10.1 Å². The van der Waals surface area contributed by atoms with Gasteiger partial charge in [-0.05, 0) is 61.6 Å². The molecule has 0 unspecified atom stereocenters. The molecule has 0 atom stereocenters. The van der Waals surface area contributed by atoms with Crippen molar-refractivity contribution in [1.82, 2.24) is 24.9 Å². The molecule has 0 fully saturated rings. The van der Waals surface area contributed by atoms with Crippen molar-refractivity contribution in [3.05, 3.63) is 60.2 Å². The first-order valence-electron chi connectivity index (χ1n) is 9.68. The van der Waals surface area contributed by atoms with Crippen LogP contribution in [0.25, 0.3) is 22.3 Å². The summed E-state index contributed by atoms with van der Waals surface area (Å²) < 4.78 is 5.39. The van der Waals surface area contributed by atoms with Gasteiger partial charge in [-0.2, -0.15) is 0 Å². The van der Waals surface area contributed by atoms with Gasteiger partial charge in [0.1, 0.15) is 11.6 Å². The van der Waals surface area contributed by atoms with E-state index in [9.17, 15) is 0 Å². The van der Waals surface area contributed by atoms with Gasteiger partial charge in [-0.3, -0.25) is 4.98 Å². The summed E-state index contributed by atoms with van der Waals surface area (Å²) in [6.45, 7) is 0. The Bertz CT molecular complexity index is 1180. The third kappa shape index (κ3) is 3.47. The molecule has 5 rings (SSSR count). The van der Waals surface area contributed by atoms with Gasteiger partial charge in [0.25, 0.3) is 0 Å². The number of hydrogen-bond donors (Lipinski definition) is 1. The molecular formula is C22H20N6O. The second-order valence-electron chi connectivity index (χ2n) is 7.02. The highest BCUT2D eigenvalue weighted by Crippen LogP contribution is 2.29. The Kier molecular flexibility index (Phi) is 4.48. The molecule has 0 radical (unpaired) electrons. The van der Waals surface area contributed by atoms with E-state index in [1.807, 2.05) is 36.5 Å². The van der Waals surface area contributed by atoms with E-state index in [2.05, 4.69) is 15.3 Å². The van der Waals surface area contributed by atoms with Crippen molar-refractivity contribution in [2.75, 3.05) is 12.4 Å². The fourth-order valence-electron chi connectivity index (χ4n) is 3.60. The van der Waals surface area contributed by atoms with Crippen LogP contribution in [0.15, 0.2) is 48.9 Å². The lowest BCUT2D eigenvalue weighted by Gasteiger charge is -2.16. The minimum absolute atomic E-state index is 0.547. The Morgan fingerprint density at radius 1 is 1.00 bits per heavy atom. The first-order chi connectivity index (χ1) is 14.3. The van der Waals surface area contributed by atoms with Crippen LogP contribution in [-0.2, 0) is 12.8 Å². The summed E-state index contributed by atoms with van der Waals surface area (Å²) in [6, 6.07) is 9.55. The predicted molar refractivity (Wildman–Crippen MR) is 111 cm³/mol. The molecule has 7 heteroatoms. The smallest absolute Gasteiger partial charge is 0.228 e. The molecule has 29 heavy (non-hydrogen) atoms. The summed E-state index contributed by atoms with van der Waals surface area (Å²) in [6.07, 6.45) is 9.83. The van der Waals surface area contributed by atoms with Gasteiger partial charge in [0.2, 0.25) is 5.95 Å². The molecule has 1 aliphatic carbocycles. The molecule has 1 aliphatic rings. The Morgan fingerprint density at radius 2 is 1.93 bits per heavy atom. The zero-order valence-electron chi connectivity index (χ0n) is 16.1. The zero-order chi connectivity index (χ0) is 19.6. The van der Waals surface area contributed by atoms with Crippen molar-refractivity contribution in [1.29, 1.82) is 0 Å². The zero-order valence-corrected chi connectivity index (χ0v) is 16.1. The van der Waals surface area contributed by atoms with E-state index in [-0.39, 0.29) is 0 Å². The Hall–Kier alpha value is -3.61. The van der Waals surface area contributed by atoms with Crippen molar-refractivity contribution in [2.45, 2.75) is 25.7 Å². The fraction of sp³-hybridized carbons (Fsp3) is 0.227. The summed E-state index contributed by atoms with van der Waals surface area (Å²) in [5, 5.41) is 4.15. The molecule has 144 valence electrons. The standard InChI is InChI=1S/C22H20N6O/c1-29-16-8-9-19-17(11-16)21(27-20(25-19)15-6-4-10-23-12-15)28-22-24-13-14-5-2-3-7-18(14)26-22/h4,6,8-13H,2-3,5,7H2,1H3,(H,24,25,26,27,28). The third-order valence-electron chi connectivity index (χ3n) is 5.12. The minimum atomic E-state index is 0.547. The maximum Gasteiger partial charge on any atom is 0.228 e. The molecule has 0 bridgehead atoms. The number of benzene rings is 1. The first kappa shape index (κ1) is 17.5. The second kappa shape index (κ2) is 7.43. The van der Waals surface area contributed by atoms with Crippen LogP contribution in [0.4, 0.5) is 11.8 Å². The average molecular weight is 384 g/mol. The molecule has 0 spiro atoms. The number of nitrogens with one attached hydrogen (secondary N) is 1. The molecule has 1 N–H and O–H groups in total. The highest BCUT2D eigenvalue weighted by molar-refractivity contribution is 5.92. The molecule has 7 nitrogen and oxygen atoms in total. The molecule has 1 aromatic carbocycles. The lowest BCUT2D eigenvalue weighted by Crippen LogP contribution is -2.09. The fourth-order valence-corrected chi connectivity index (χ4v) is 3.60. The van der Waals surface area contributed by atoms with E-state index in [4.69, 9.17) is 19.7 Å². The van der Waals surface area contributed by atoms with Crippen LogP contribution >= 0.6 is 0 Å². The minimum Gasteiger partial charge on any atom is -0.497 e. The maximum absolute atomic E-state index is 5.39. The van der Waals surface area contributed by atoms with E-state index in [1.54, 1.807) is 19.5 Å². The van der Waals surface area contributed by atoms with Crippen LogP contribution in [0.1, 0.15) is 24.1 Å². The molecular weight excluding hydrogens is 364 g/mol. The van der Waals surface area contributed by atoms with Crippen LogP contribution in [0, 0.1) is 0 Å². The summed E-state index contributed by atoms with van der Waals surface area (Å²) in [4.78, 5) is 22.9. The highest BCUT2D eigenvalue weighted by atomic mass is 16.5. The highest BCUT2D eigenvalue weighted by Gasteiger charge is 2.15. The van der Waals surface area contributed by atoms with E-state index in [1.165, 1.54) is 18.4 Å². The normalized spacial score (nSPS) is 13.1. The number of anilines is 2. The summed E-state index contributed by atoms with van der Waals surface area (Å²) in [7, 11) is 1.64. The van der Waals surface area contributed by atoms with Crippen LogP contribution in [0.3, 0.4) is 0 Å². The molecule has 0 saturated carbocycles. The van der Waals surface area contributed by atoms with Gasteiger partial charge in [0, 0.05) is 35.2 Å². The number of aromatic nitrogens is 5. The number of rotatable bonds is 4. The third-order valence-corrected chi connectivity index (χ3v) is 5.12. The van der Waals surface area contributed by atoms with Gasteiger partial charge in [-0.25, -0.2) is 19.9 Å². The van der Waals surface area contributed by atoms with Gasteiger partial charge in [0.15, 0.2) is 5.82 Å². The number of ether oxygens (including phenoxy) is 1. The first-order valence-corrected chi connectivity index (χ1v) is 9.68. The number of aryl methyl sites for hydroxylation is 2. The van der Waals surface area contributed by atoms with Gasteiger partial charge >= 0.3 is 0 Å². The number of hydrogen-bond acceptors (Lipinski definition) is 7. The molecule has 0 amide bonds. The summed E-state index contributed by atoms with van der Waals surface area (Å²) in [5.74, 6) is 2.52. The van der Waals surface area contributed by atoms with E-state index < -0.39 is 0 Å². The molecule has 3 aromatic heterocycles. The quantitative estimate of drug-likeness (QED) is 0.566. The lowest BCUT2D eigenvalue weighted by molar-refractivity contribution is 0.415. The second-order valence-corrected chi connectivity index (χ2v) is 7.02. The predicted octanol–water partition coefficient (Wildman–Crippen LogP) is 4.11. The monoisotopic (exact) mass is 384 g/mol. The number of pyridine rings is 1.